The lowest BCUT2D eigenvalue weighted by Gasteiger charge is -2.30. The molecule has 1 fully saturated rings. The largest absolute Gasteiger partial charge is 0.264 e. The fourth-order valence-electron chi connectivity index (χ4n) is 3.28. The van der Waals surface area contributed by atoms with E-state index in [1.54, 1.807) is 49.4 Å². The zero-order valence-corrected chi connectivity index (χ0v) is 15.8. The summed E-state index contributed by atoms with van der Waals surface area (Å²) in [6, 6.07) is 13.3. The normalized spacial score (nSPS) is 19.7. The van der Waals surface area contributed by atoms with Gasteiger partial charge in [-0.3, -0.25) is 4.31 Å². The van der Waals surface area contributed by atoms with E-state index in [-0.39, 0.29) is 16.4 Å². The Bertz CT molecular complexity index is 983. The number of hydrogen-bond acceptors (Lipinski definition) is 4. The van der Waals surface area contributed by atoms with Crippen LogP contribution in [0.5, 0.6) is 0 Å². The molecule has 0 amide bonds. The average molecular weight is 380 g/mol. The number of anilines is 1. The molecular formula is C18H21NO4S2. The molecule has 1 atom stereocenters. The van der Waals surface area contributed by atoms with Crippen molar-refractivity contribution in [2.45, 2.75) is 31.2 Å². The Hall–Kier alpha value is -1.86. The summed E-state index contributed by atoms with van der Waals surface area (Å²) < 4.78 is 51.9. The third-order valence-electron chi connectivity index (χ3n) is 4.42. The molecule has 2 aromatic carbocycles. The maximum absolute atomic E-state index is 13.4. The highest BCUT2D eigenvalue weighted by Crippen LogP contribution is 2.32. The average Bonchev–Trinajstić information content (AvgIpc) is 2.87. The van der Waals surface area contributed by atoms with E-state index in [0.717, 1.165) is 5.56 Å². The Morgan fingerprint density at radius 3 is 2.28 bits per heavy atom. The van der Waals surface area contributed by atoms with Gasteiger partial charge in [-0.15, -0.1) is 0 Å². The van der Waals surface area contributed by atoms with Gasteiger partial charge in [0.05, 0.1) is 28.1 Å². The first kappa shape index (κ1) is 17.9. The molecule has 0 radical (unpaired) electrons. The lowest BCUT2D eigenvalue weighted by Crippen LogP contribution is -2.41. The van der Waals surface area contributed by atoms with E-state index in [9.17, 15) is 16.8 Å². The van der Waals surface area contributed by atoms with Crippen molar-refractivity contribution >= 4 is 25.5 Å². The molecule has 1 aliphatic heterocycles. The van der Waals surface area contributed by atoms with Gasteiger partial charge in [-0.2, -0.15) is 0 Å². The SMILES string of the molecule is Cc1ccc(S(=O)(=O)N(c2ccccc2)[C@@H]2CCS(=O)(=O)C2)c(C)c1. The summed E-state index contributed by atoms with van der Waals surface area (Å²) in [5.41, 5.74) is 2.12. The summed E-state index contributed by atoms with van der Waals surface area (Å²) in [6.07, 6.45) is 0.307. The van der Waals surface area contributed by atoms with Gasteiger partial charge in [0.2, 0.25) is 0 Å². The van der Waals surface area contributed by atoms with Crippen molar-refractivity contribution in [3.63, 3.8) is 0 Å². The molecule has 0 aliphatic carbocycles. The molecule has 0 saturated carbocycles. The highest BCUT2D eigenvalue weighted by molar-refractivity contribution is 7.93. The Labute approximate surface area is 149 Å². The molecule has 25 heavy (non-hydrogen) atoms. The van der Waals surface area contributed by atoms with Crippen LogP contribution in [-0.4, -0.2) is 34.4 Å². The predicted molar refractivity (Wildman–Crippen MR) is 99.1 cm³/mol. The molecule has 0 spiro atoms. The number of rotatable bonds is 4. The van der Waals surface area contributed by atoms with Crippen LogP contribution in [0.4, 0.5) is 5.69 Å². The zero-order valence-electron chi connectivity index (χ0n) is 14.2. The van der Waals surface area contributed by atoms with Crippen LogP contribution >= 0.6 is 0 Å². The van der Waals surface area contributed by atoms with E-state index < -0.39 is 25.9 Å². The molecule has 134 valence electrons. The summed E-state index contributed by atoms with van der Waals surface area (Å²) in [6.45, 7) is 3.66. The molecule has 0 unspecified atom stereocenters. The van der Waals surface area contributed by atoms with Crippen molar-refractivity contribution in [3.8, 4) is 0 Å². The van der Waals surface area contributed by atoms with E-state index in [2.05, 4.69) is 0 Å². The van der Waals surface area contributed by atoms with Gasteiger partial charge in [-0.05, 0) is 44.0 Å². The van der Waals surface area contributed by atoms with E-state index in [1.165, 1.54) is 4.31 Å². The van der Waals surface area contributed by atoms with Crippen LogP contribution in [0.15, 0.2) is 53.4 Å². The molecule has 3 rings (SSSR count). The molecule has 1 heterocycles. The van der Waals surface area contributed by atoms with E-state index in [4.69, 9.17) is 0 Å². The second-order valence-corrected chi connectivity index (χ2v) is 10.5. The van der Waals surface area contributed by atoms with Crippen molar-refractivity contribution in [1.82, 2.24) is 0 Å². The number of nitrogens with zero attached hydrogens (tertiary/aromatic N) is 1. The van der Waals surface area contributed by atoms with E-state index in [1.807, 2.05) is 13.0 Å². The summed E-state index contributed by atoms with van der Waals surface area (Å²) >= 11 is 0. The Balaban J connectivity index is 2.14. The zero-order chi connectivity index (χ0) is 18.2. The number of sulfone groups is 1. The fourth-order valence-corrected chi connectivity index (χ4v) is 6.96. The second-order valence-electron chi connectivity index (χ2n) is 6.46. The van der Waals surface area contributed by atoms with Gasteiger partial charge in [0.15, 0.2) is 9.84 Å². The lowest BCUT2D eigenvalue weighted by molar-refractivity contribution is 0.579. The molecule has 0 aromatic heterocycles. The van der Waals surface area contributed by atoms with Gasteiger partial charge in [0.1, 0.15) is 0 Å². The molecular weight excluding hydrogens is 358 g/mol. The van der Waals surface area contributed by atoms with Gasteiger partial charge in [0, 0.05) is 0 Å². The van der Waals surface area contributed by atoms with Crippen molar-refractivity contribution < 1.29 is 16.8 Å². The first-order chi connectivity index (χ1) is 11.7. The number of hydrogen-bond donors (Lipinski definition) is 0. The maximum atomic E-state index is 13.4. The molecule has 2 aromatic rings. The summed E-state index contributed by atoms with van der Waals surface area (Å²) in [5, 5.41) is 0. The standard InChI is InChI=1S/C18H21NO4S2/c1-14-8-9-18(15(2)12-14)25(22,23)19(16-6-4-3-5-7-16)17-10-11-24(20,21)13-17/h3-9,12,17H,10-11,13H2,1-2H3/t17-/m1/s1. The van der Waals surface area contributed by atoms with Crippen LogP contribution in [-0.2, 0) is 19.9 Å². The minimum absolute atomic E-state index is 0.0173. The van der Waals surface area contributed by atoms with Crippen LogP contribution in [0.1, 0.15) is 17.5 Å². The Morgan fingerprint density at radius 1 is 1.04 bits per heavy atom. The number of benzene rings is 2. The number of para-hydroxylation sites is 1. The quantitative estimate of drug-likeness (QED) is 0.819. The highest BCUT2D eigenvalue weighted by Gasteiger charge is 2.39. The first-order valence-corrected chi connectivity index (χ1v) is 11.3. The Morgan fingerprint density at radius 2 is 1.72 bits per heavy atom. The molecule has 7 heteroatoms. The van der Waals surface area contributed by atoms with Gasteiger partial charge in [0.25, 0.3) is 10.0 Å². The van der Waals surface area contributed by atoms with Crippen LogP contribution in [0.3, 0.4) is 0 Å². The molecule has 0 bridgehead atoms. The Kier molecular flexibility index (Phi) is 4.64. The van der Waals surface area contributed by atoms with Crippen LogP contribution in [0.2, 0.25) is 0 Å². The molecule has 1 aliphatic rings. The number of sulfonamides is 1. The molecule has 0 N–H and O–H groups in total. The minimum Gasteiger partial charge on any atom is -0.262 e. The van der Waals surface area contributed by atoms with Gasteiger partial charge >= 0.3 is 0 Å². The summed E-state index contributed by atoms with van der Waals surface area (Å²) in [7, 11) is -7.08. The number of aryl methyl sites for hydroxylation is 2. The van der Waals surface area contributed by atoms with Crippen LogP contribution in [0, 0.1) is 13.8 Å². The highest BCUT2D eigenvalue weighted by atomic mass is 32.2. The third-order valence-corrected chi connectivity index (χ3v) is 8.21. The first-order valence-electron chi connectivity index (χ1n) is 8.08. The predicted octanol–water partition coefficient (Wildman–Crippen LogP) is 2.69. The van der Waals surface area contributed by atoms with Crippen molar-refractivity contribution in [3.05, 3.63) is 59.7 Å². The van der Waals surface area contributed by atoms with Gasteiger partial charge < -0.3 is 0 Å². The van der Waals surface area contributed by atoms with E-state index in [0.29, 0.717) is 17.7 Å². The van der Waals surface area contributed by atoms with Gasteiger partial charge in [-0.25, -0.2) is 16.8 Å². The minimum atomic E-state index is -3.87. The van der Waals surface area contributed by atoms with Crippen LogP contribution in [0.25, 0.3) is 0 Å². The second kappa shape index (κ2) is 6.46. The monoisotopic (exact) mass is 379 g/mol. The van der Waals surface area contributed by atoms with Crippen molar-refractivity contribution in [1.29, 1.82) is 0 Å². The molecule has 1 saturated heterocycles. The summed E-state index contributed by atoms with van der Waals surface area (Å²) in [5.74, 6) is -0.130. The lowest BCUT2D eigenvalue weighted by atomic mass is 10.2. The fraction of sp³-hybridized carbons (Fsp3) is 0.333. The topological polar surface area (TPSA) is 71.5 Å². The van der Waals surface area contributed by atoms with Crippen LogP contribution < -0.4 is 4.31 Å². The van der Waals surface area contributed by atoms with Crippen molar-refractivity contribution in [2.75, 3.05) is 15.8 Å². The summed E-state index contributed by atoms with van der Waals surface area (Å²) in [4.78, 5) is 0.214. The third kappa shape index (κ3) is 3.57. The van der Waals surface area contributed by atoms with Gasteiger partial charge in [-0.1, -0.05) is 35.9 Å². The van der Waals surface area contributed by atoms with E-state index >= 15 is 0 Å². The maximum Gasteiger partial charge on any atom is 0.264 e. The molecule has 5 nitrogen and oxygen atoms in total. The smallest absolute Gasteiger partial charge is 0.262 e. The van der Waals surface area contributed by atoms with Crippen molar-refractivity contribution in [2.24, 2.45) is 0 Å².